The van der Waals surface area contributed by atoms with Crippen molar-refractivity contribution in [1.82, 2.24) is 0 Å². The van der Waals surface area contributed by atoms with E-state index in [1.807, 2.05) is 44.2 Å². The minimum Gasteiger partial charge on any atom is -0.491 e. The second-order valence-corrected chi connectivity index (χ2v) is 6.39. The highest BCUT2D eigenvalue weighted by atomic mass is 16.5. The summed E-state index contributed by atoms with van der Waals surface area (Å²) in [4.78, 5) is 14.8. The molecule has 1 N–H and O–H groups in total. The molecule has 4 nitrogen and oxygen atoms in total. The lowest BCUT2D eigenvalue weighted by Gasteiger charge is -2.18. The molecule has 126 valence electrons. The largest absolute Gasteiger partial charge is 0.491 e. The van der Waals surface area contributed by atoms with E-state index in [1.165, 1.54) is 18.5 Å². The molecule has 1 saturated heterocycles. The van der Waals surface area contributed by atoms with Crippen LogP contribution in [0, 0.1) is 0 Å². The maximum atomic E-state index is 12.4. The molecule has 0 aliphatic carbocycles. The molecule has 0 aromatic heterocycles. The molecule has 0 unspecified atom stereocenters. The number of carbonyl (C=O) groups is 1. The number of ether oxygens (including phenoxy) is 1. The predicted octanol–water partition coefficient (Wildman–Crippen LogP) is 4.33. The van der Waals surface area contributed by atoms with Crippen LogP contribution in [0.2, 0.25) is 0 Å². The van der Waals surface area contributed by atoms with E-state index in [4.69, 9.17) is 4.74 Å². The number of nitrogens with zero attached hydrogens (tertiary/aromatic N) is 1. The molecule has 0 bridgehead atoms. The Morgan fingerprint density at radius 1 is 1.08 bits per heavy atom. The number of hydrogen-bond donors (Lipinski definition) is 1. The molecule has 4 heteroatoms. The number of rotatable bonds is 5. The van der Waals surface area contributed by atoms with Crippen LogP contribution in [0.1, 0.15) is 37.0 Å². The van der Waals surface area contributed by atoms with Crippen molar-refractivity contribution < 1.29 is 9.53 Å². The third-order valence-electron chi connectivity index (χ3n) is 4.06. The van der Waals surface area contributed by atoms with E-state index in [9.17, 15) is 4.79 Å². The van der Waals surface area contributed by atoms with Gasteiger partial charge in [-0.05, 0) is 69.2 Å². The smallest absolute Gasteiger partial charge is 0.255 e. The summed E-state index contributed by atoms with van der Waals surface area (Å²) < 4.78 is 5.60. The van der Waals surface area contributed by atoms with Gasteiger partial charge < -0.3 is 15.0 Å². The van der Waals surface area contributed by atoms with E-state index >= 15 is 0 Å². The number of anilines is 2. The topological polar surface area (TPSA) is 41.6 Å². The zero-order valence-corrected chi connectivity index (χ0v) is 14.3. The number of nitrogens with one attached hydrogen (secondary N) is 1. The average molecular weight is 324 g/mol. The Balaban J connectivity index is 1.67. The van der Waals surface area contributed by atoms with Crippen molar-refractivity contribution in [3.05, 3.63) is 54.1 Å². The summed E-state index contributed by atoms with van der Waals surface area (Å²) in [6.07, 6.45) is 2.60. The Kier molecular flexibility index (Phi) is 5.04. The van der Waals surface area contributed by atoms with Gasteiger partial charge in [-0.3, -0.25) is 4.79 Å². The summed E-state index contributed by atoms with van der Waals surface area (Å²) in [5, 5.41) is 2.98. The summed E-state index contributed by atoms with van der Waals surface area (Å²) in [5.41, 5.74) is 2.62. The van der Waals surface area contributed by atoms with Crippen LogP contribution in [-0.2, 0) is 0 Å². The molecular formula is C20H24N2O2. The molecule has 1 amide bonds. The quantitative estimate of drug-likeness (QED) is 0.890. The maximum Gasteiger partial charge on any atom is 0.255 e. The minimum absolute atomic E-state index is 0.107. The molecule has 1 aliphatic heterocycles. The van der Waals surface area contributed by atoms with Gasteiger partial charge in [0.05, 0.1) is 6.10 Å². The highest BCUT2D eigenvalue weighted by molar-refractivity contribution is 6.04. The van der Waals surface area contributed by atoms with Crippen molar-refractivity contribution in [3.8, 4) is 5.75 Å². The van der Waals surface area contributed by atoms with Crippen molar-refractivity contribution >= 4 is 17.3 Å². The van der Waals surface area contributed by atoms with Crippen molar-refractivity contribution in [2.45, 2.75) is 32.8 Å². The maximum absolute atomic E-state index is 12.4. The van der Waals surface area contributed by atoms with Crippen LogP contribution < -0.4 is 15.0 Å². The monoisotopic (exact) mass is 324 g/mol. The first-order chi connectivity index (χ1) is 11.6. The second kappa shape index (κ2) is 7.39. The Labute approximate surface area is 143 Å². The molecule has 0 atom stereocenters. The van der Waals surface area contributed by atoms with E-state index in [-0.39, 0.29) is 12.0 Å². The number of benzene rings is 2. The van der Waals surface area contributed by atoms with E-state index in [0.29, 0.717) is 5.56 Å². The van der Waals surface area contributed by atoms with Crippen LogP contribution in [-0.4, -0.2) is 25.1 Å². The molecule has 2 aromatic rings. The van der Waals surface area contributed by atoms with Crippen molar-refractivity contribution in [1.29, 1.82) is 0 Å². The number of hydrogen-bond acceptors (Lipinski definition) is 3. The molecule has 0 saturated carbocycles. The summed E-state index contributed by atoms with van der Waals surface area (Å²) in [7, 11) is 0. The van der Waals surface area contributed by atoms with E-state index < -0.39 is 0 Å². The molecular weight excluding hydrogens is 300 g/mol. The SMILES string of the molecule is CC(C)Oc1ccc(C(=O)Nc2cccc(N3CCCC3)c2)cc1. The first-order valence-corrected chi connectivity index (χ1v) is 8.55. The lowest BCUT2D eigenvalue weighted by molar-refractivity contribution is 0.102. The van der Waals surface area contributed by atoms with Gasteiger partial charge in [0.15, 0.2) is 0 Å². The Hall–Kier alpha value is -2.49. The van der Waals surface area contributed by atoms with Gasteiger partial charge in [0.1, 0.15) is 5.75 Å². The third kappa shape index (κ3) is 4.07. The fourth-order valence-corrected chi connectivity index (χ4v) is 2.92. The first kappa shape index (κ1) is 16.4. The van der Waals surface area contributed by atoms with Crippen LogP contribution in [0.4, 0.5) is 11.4 Å². The van der Waals surface area contributed by atoms with Crippen LogP contribution in [0.5, 0.6) is 5.75 Å². The minimum atomic E-state index is -0.107. The molecule has 1 heterocycles. The van der Waals surface area contributed by atoms with Crippen LogP contribution in [0.3, 0.4) is 0 Å². The van der Waals surface area contributed by atoms with Gasteiger partial charge >= 0.3 is 0 Å². The van der Waals surface area contributed by atoms with Gasteiger partial charge in [0, 0.05) is 30.0 Å². The Bertz CT molecular complexity index is 689. The van der Waals surface area contributed by atoms with Crippen molar-refractivity contribution in [2.24, 2.45) is 0 Å². The molecule has 1 aliphatic rings. The Morgan fingerprint density at radius 2 is 1.79 bits per heavy atom. The number of amides is 1. The molecule has 3 rings (SSSR count). The summed E-state index contributed by atoms with van der Waals surface area (Å²) in [6, 6.07) is 15.3. The van der Waals surface area contributed by atoms with E-state index in [1.54, 1.807) is 12.1 Å². The van der Waals surface area contributed by atoms with Crippen molar-refractivity contribution in [2.75, 3.05) is 23.3 Å². The van der Waals surface area contributed by atoms with Gasteiger partial charge in [0.2, 0.25) is 0 Å². The fraction of sp³-hybridized carbons (Fsp3) is 0.350. The normalized spacial score (nSPS) is 14.0. The van der Waals surface area contributed by atoms with Crippen LogP contribution in [0.25, 0.3) is 0 Å². The van der Waals surface area contributed by atoms with Gasteiger partial charge in [-0.25, -0.2) is 0 Å². The molecule has 2 aromatic carbocycles. The molecule has 24 heavy (non-hydrogen) atoms. The zero-order chi connectivity index (χ0) is 16.9. The van der Waals surface area contributed by atoms with Gasteiger partial charge in [-0.2, -0.15) is 0 Å². The fourth-order valence-electron chi connectivity index (χ4n) is 2.92. The highest BCUT2D eigenvalue weighted by Gasteiger charge is 2.13. The molecule has 1 fully saturated rings. The predicted molar refractivity (Wildman–Crippen MR) is 98.0 cm³/mol. The molecule has 0 spiro atoms. The number of carbonyl (C=O) groups excluding carboxylic acids is 1. The lowest BCUT2D eigenvalue weighted by atomic mass is 10.2. The van der Waals surface area contributed by atoms with E-state index in [2.05, 4.69) is 16.3 Å². The Morgan fingerprint density at radius 3 is 2.46 bits per heavy atom. The van der Waals surface area contributed by atoms with Gasteiger partial charge in [0.25, 0.3) is 5.91 Å². The van der Waals surface area contributed by atoms with Gasteiger partial charge in [-0.15, -0.1) is 0 Å². The molecule has 0 radical (unpaired) electrons. The van der Waals surface area contributed by atoms with Crippen molar-refractivity contribution in [3.63, 3.8) is 0 Å². The summed E-state index contributed by atoms with van der Waals surface area (Å²) in [6.45, 7) is 6.14. The third-order valence-corrected chi connectivity index (χ3v) is 4.06. The first-order valence-electron chi connectivity index (χ1n) is 8.55. The zero-order valence-electron chi connectivity index (χ0n) is 14.3. The van der Waals surface area contributed by atoms with Gasteiger partial charge in [-0.1, -0.05) is 6.07 Å². The van der Waals surface area contributed by atoms with Crippen LogP contribution in [0.15, 0.2) is 48.5 Å². The summed E-state index contributed by atoms with van der Waals surface area (Å²) >= 11 is 0. The van der Waals surface area contributed by atoms with Crippen LogP contribution >= 0.6 is 0 Å². The summed E-state index contributed by atoms with van der Waals surface area (Å²) in [5.74, 6) is 0.669. The average Bonchev–Trinajstić information content (AvgIpc) is 3.10. The second-order valence-electron chi connectivity index (χ2n) is 6.39. The standard InChI is InChI=1S/C20H24N2O2/c1-15(2)24-19-10-8-16(9-11-19)20(23)21-17-6-5-7-18(14-17)22-12-3-4-13-22/h5-11,14-15H,3-4,12-13H2,1-2H3,(H,21,23). The highest BCUT2D eigenvalue weighted by Crippen LogP contribution is 2.24. The lowest BCUT2D eigenvalue weighted by Crippen LogP contribution is -2.18. The van der Waals surface area contributed by atoms with E-state index in [0.717, 1.165) is 24.5 Å².